The van der Waals surface area contributed by atoms with Crippen LogP contribution in [-0.2, 0) is 12.8 Å². The number of benzene rings is 4. The van der Waals surface area contributed by atoms with Gasteiger partial charge < -0.3 is 0 Å². The third-order valence-electron chi connectivity index (χ3n) is 6.24. The molecule has 0 bridgehead atoms. The van der Waals surface area contributed by atoms with E-state index in [0.717, 1.165) is 25.7 Å². The fourth-order valence-corrected chi connectivity index (χ4v) is 4.79. The smallest absolute Gasteiger partial charge is 0.00611 e. The van der Waals surface area contributed by atoms with Crippen molar-refractivity contribution >= 4 is 16.8 Å². The summed E-state index contributed by atoms with van der Waals surface area (Å²) in [5.41, 5.74) is 7.33. The molecule has 0 N–H and O–H groups in total. The van der Waals surface area contributed by atoms with Crippen molar-refractivity contribution in [1.29, 1.82) is 0 Å². The molecule has 4 aromatic carbocycles. The zero-order chi connectivity index (χ0) is 19.5. The van der Waals surface area contributed by atoms with E-state index in [9.17, 15) is 0 Å². The minimum Gasteiger partial charge on any atom is -0.0622 e. The van der Waals surface area contributed by atoms with E-state index in [1.165, 1.54) is 33.0 Å². The summed E-state index contributed by atoms with van der Waals surface area (Å²) in [4.78, 5) is 0. The second-order valence-electron chi connectivity index (χ2n) is 8.07. The van der Waals surface area contributed by atoms with Gasteiger partial charge in [-0.2, -0.15) is 0 Å². The molecule has 1 aliphatic rings. The lowest BCUT2D eigenvalue weighted by molar-refractivity contribution is 0.675. The summed E-state index contributed by atoms with van der Waals surface area (Å²) in [6.45, 7) is 0. The van der Waals surface area contributed by atoms with Gasteiger partial charge in [0, 0.05) is 5.92 Å². The predicted molar refractivity (Wildman–Crippen MR) is 124 cm³/mol. The number of allylic oxidation sites excluding steroid dienone is 1. The standard InChI is InChI=1S/C29H26/c1-3-9-22(10-4-1)17-19-25-21-26-15-7-13-24-14-8-16-28(29(24)26)27(25)20-18-23-11-5-2-6-12-23/h1-16,21,27H,17-20H2. The first-order chi connectivity index (χ1) is 14.4. The highest BCUT2D eigenvalue weighted by Gasteiger charge is 2.24. The largest absolute Gasteiger partial charge is 0.0622 e. The second-order valence-corrected chi connectivity index (χ2v) is 8.07. The lowest BCUT2D eigenvalue weighted by Gasteiger charge is -2.28. The summed E-state index contributed by atoms with van der Waals surface area (Å²) in [7, 11) is 0. The van der Waals surface area contributed by atoms with Crippen molar-refractivity contribution in [3.8, 4) is 0 Å². The Morgan fingerprint density at radius 3 is 1.93 bits per heavy atom. The second kappa shape index (κ2) is 8.09. The fourth-order valence-electron chi connectivity index (χ4n) is 4.79. The van der Waals surface area contributed by atoms with E-state index in [-0.39, 0.29) is 0 Å². The van der Waals surface area contributed by atoms with Crippen LogP contribution in [0, 0.1) is 0 Å². The molecule has 0 heteroatoms. The third-order valence-corrected chi connectivity index (χ3v) is 6.24. The van der Waals surface area contributed by atoms with Crippen molar-refractivity contribution in [2.75, 3.05) is 0 Å². The summed E-state index contributed by atoms with van der Waals surface area (Å²) in [5, 5.41) is 2.82. The summed E-state index contributed by atoms with van der Waals surface area (Å²) < 4.78 is 0. The molecule has 1 aliphatic carbocycles. The van der Waals surface area contributed by atoms with E-state index in [2.05, 4.69) is 103 Å². The minimum atomic E-state index is 0.498. The van der Waals surface area contributed by atoms with Crippen molar-refractivity contribution in [3.05, 3.63) is 125 Å². The molecule has 0 nitrogen and oxygen atoms in total. The summed E-state index contributed by atoms with van der Waals surface area (Å²) in [6.07, 6.45) is 6.99. The number of aryl methyl sites for hydroxylation is 2. The Bertz CT molecular complexity index is 1130. The van der Waals surface area contributed by atoms with Gasteiger partial charge >= 0.3 is 0 Å². The van der Waals surface area contributed by atoms with Crippen LogP contribution in [0.5, 0.6) is 0 Å². The van der Waals surface area contributed by atoms with Crippen LogP contribution >= 0.6 is 0 Å². The first-order valence-electron chi connectivity index (χ1n) is 10.7. The van der Waals surface area contributed by atoms with E-state index in [1.54, 1.807) is 5.57 Å². The molecule has 0 saturated heterocycles. The number of hydrogen-bond donors (Lipinski definition) is 0. The first-order valence-corrected chi connectivity index (χ1v) is 10.7. The van der Waals surface area contributed by atoms with Crippen LogP contribution < -0.4 is 0 Å². The van der Waals surface area contributed by atoms with E-state index in [0.29, 0.717) is 5.92 Å². The monoisotopic (exact) mass is 374 g/mol. The molecule has 0 heterocycles. The van der Waals surface area contributed by atoms with E-state index < -0.39 is 0 Å². The highest BCUT2D eigenvalue weighted by atomic mass is 14.3. The van der Waals surface area contributed by atoms with Gasteiger partial charge in [-0.3, -0.25) is 0 Å². The normalized spacial score (nSPS) is 15.3. The lowest BCUT2D eigenvalue weighted by atomic mass is 9.76. The van der Waals surface area contributed by atoms with E-state index >= 15 is 0 Å². The van der Waals surface area contributed by atoms with Crippen molar-refractivity contribution in [2.24, 2.45) is 0 Å². The van der Waals surface area contributed by atoms with Crippen LogP contribution in [0.25, 0.3) is 16.8 Å². The number of rotatable bonds is 6. The molecule has 0 aromatic heterocycles. The van der Waals surface area contributed by atoms with Crippen LogP contribution in [0.4, 0.5) is 0 Å². The van der Waals surface area contributed by atoms with Crippen molar-refractivity contribution in [1.82, 2.24) is 0 Å². The zero-order valence-corrected chi connectivity index (χ0v) is 16.7. The van der Waals surface area contributed by atoms with Crippen molar-refractivity contribution < 1.29 is 0 Å². The van der Waals surface area contributed by atoms with Gasteiger partial charge in [0.15, 0.2) is 0 Å². The van der Waals surface area contributed by atoms with Crippen LogP contribution in [0.1, 0.15) is 41.0 Å². The van der Waals surface area contributed by atoms with Gasteiger partial charge in [-0.1, -0.05) is 109 Å². The van der Waals surface area contributed by atoms with Gasteiger partial charge in [0.1, 0.15) is 0 Å². The van der Waals surface area contributed by atoms with Crippen LogP contribution in [0.2, 0.25) is 0 Å². The van der Waals surface area contributed by atoms with E-state index in [1.807, 2.05) is 0 Å². The molecular weight excluding hydrogens is 348 g/mol. The topological polar surface area (TPSA) is 0 Å². The maximum atomic E-state index is 2.48. The average Bonchev–Trinajstić information content (AvgIpc) is 2.79. The Kier molecular flexibility index (Phi) is 5.01. The van der Waals surface area contributed by atoms with Crippen molar-refractivity contribution in [3.63, 3.8) is 0 Å². The molecule has 0 fully saturated rings. The van der Waals surface area contributed by atoms with Crippen LogP contribution in [0.3, 0.4) is 0 Å². The molecule has 0 radical (unpaired) electrons. The van der Waals surface area contributed by atoms with Gasteiger partial charge in [-0.15, -0.1) is 0 Å². The minimum absolute atomic E-state index is 0.498. The quantitative estimate of drug-likeness (QED) is 0.326. The first kappa shape index (κ1) is 17.9. The Morgan fingerprint density at radius 1 is 0.552 bits per heavy atom. The molecule has 0 spiro atoms. The lowest BCUT2D eigenvalue weighted by Crippen LogP contribution is -2.10. The van der Waals surface area contributed by atoms with E-state index in [4.69, 9.17) is 0 Å². The summed E-state index contributed by atoms with van der Waals surface area (Å²) in [6, 6.07) is 35.4. The molecule has 0 saturated carbocycles. The van der Waals surface area contributed by atoms with Crippen LogP contribution in [0.15, 0.2) is 103 Å². The highest BCUT2D eigenvalue weighted by molar-refractivity contribution is 5.96. The highest BCUT2D eigenvalue weighted by Crippen LogP contribution is 2.42. The molecule has 142 valence electrons. The Labute approximate surface area is 173 Å². The molecular formula is C29H26. The summed E-state index contributed by atoms with van der Waals surface area (Å²) in [5.74, 6) is 0.498. The third kappa shape index (κ3) is 3.76. The van der Waals surface area contributed by atoms with Gasteiger partial charge in [0.25, 0.3) is 0 Å². The Balaban J connectivity index is 1.49. The molecule has 5 rings (SSSR count). The molecule has 0 amide bonds. The molecule has 1 atom stereocenters. The average molecular weight is 375 g/mol. The Morgan fingerprint density at radius 2 is 1.21 bits per heavy atom. The summed E-state index contributed by atoms with van der Waals surface area (Å²) >= 11 is 0. The zero-order valence-electron chi connectivity index (χ0n) is 16.7. The molecule has 1 unspecified atom stereocenters. The maximum absolute atomic E-state index is 2.48. The molecule has 29 heavy (non-hydrogen) atoms. The van der Waals surface area contributed by atoms with Crippen molar-refractivity contribution in [2.45, 2.75) is 31.6 Å². The molecule has 0 aliphatic heterocycles. The predicted octanol–water partition coefficient (Wildman–Crippen LogP) is 7.59. The number of hydrogen-bond acceptors (Lipinski definition) is 0. The maximum Gasteiger partial charge on any atom is 0.00611 e. The fraction of sp³-hybridized carbons (Fsp3) is 0.172. The van der Waals surface area contributed by atoms with Crippen LogP contribution in [-0.4, -0.2) is 0 Å². The van der Waals surface area contributed by atoms with Gasteiger partial charge in [0.2, 0.25) is 0 Å². The van der Waals surface area contributed by atoms with Gasteiger partial charge in [-0.25, -0.2) is 0 Å². The molecule has 4 aromatic rings. The van der Waals surface area contributed by atoms with Gasteiger partial charge in [-0.05, 0) is 58.7 Å². The Hall–Kier alpha value is -3.12. The SMILES string of the molecule is C1=C(CCc2ccccc2)C(CCc2ccccc2)c2cccc3cccc1c23. The van der Waals surface area contributed by atoms with Gasteiger partial charge in [0.05, 0.1) is 0 Å².